The van der Waals surface area contributed by atoms with E-state index in [1.165, 1.54) is 11.8 Å². The Morgan fingerprint density at radius 1 is 1.42 bits per heavy atom. The Morgan fingerprint density at radius 2 is 2.08 bits per heavy atom. The van der Waals surface area contributed by atoms with Crippen molar-refractivity contribution in [2.45, 2.75) is 51.5 Å². The van der Waals surface area contributed by atoms with E-state index in [1.54, 1.807) is 0 Å². The fraction of sp³-hybridized carbons (Fsp3) is 0.722. The number of nitrogens with zero attached hydrogens (tertiary/aromatic N) is 3. The van der Waals surface area contributed by atoms with Gasteiger partial charge in [-0.3, -0.25) is 4.79 Å². The zero-order chi connectivity index (χ0) is 17.9. The third-order valence-electron chi connectivity index (χ3n) is 4.31. The number of esters is 1. The van der Waals surface area contributed by atoms with Crippen LogP contribution in [0, 0.1) is 5.92 Å². The van der Waals surface area contributed by atoms with Crippen LogP contribution in [-0.2, 0) is 16.0 Å². The Bertz CT molecular complexity index is 633. The number of likely N-dealkylation sites (N-methyl/N-ethyl adjacent to an activating group) is 1. The van der Waals surface area contributed by atoms with Gasteiger partial charge in [-0.15, -0.1) is 0 Å². The van der Waals surface area contributed by atoms with Crippen molar-refractivity contribution in [3.63, 3.8) is 0 Å². The summed E-state index contributed by atoms with van der Waals surface area (Å²) in [6.45, 7) is 4.90. The maximum absolute atomic E-state index is 12.9. The normalized spacial score (nSPS) is 15.8. The first-order chi connectivity index (χ1) is 11.3. The average Bonchev–Trinajstić information content (AvgIpc) is 3.35. The molecule has 1 aliphatic carbocycles. The molecule has 1 unspecified atom stereocenters. The molecule has 6 heteroatoms. The summed E-state index contributed by atoms with van der Waals surface area (Å²) in [5, 5.41) is 4.51. The second kappa shape index (κ2) is 7.92. The summed E-state index contributed by atoms with van der Waals surface area (Å²) < 4.78 is 6.31. The standard InChI is InChI=1S/C18H29N3O3/c1-12(2)10-16(18(23)24-5)21-17(22)15(13-6-7-13)11-14(19-21)8-9-20(3)4/h11-13,16H,6-10H2,1-5H3. The van der Waals surface area contributed by atoms with Crippen LogP contribution in [0.15, 0.2) is 10.9 Å². The lowest BCUT2D eigenvalue weighted by molar-refractivity contribution is -0.145. The number of ether oxygens (including phenoxy) is 1. The second-order valence-electron chi connectivity index (χ2n) is 7.34. The van der Waals surface area contributed by atoms with E-state index < -0.39 is 12.0 Å². The lowest BCUT2D eigenvalue weighted by atomic mass is 10.0. The molecule has 1 aromatic heterocycles. The highest BCUT2D eigenvalue weighted by Gasteiger charge is 2.31. The van der Waals surface area contributed by atoms with Gasteiger partial charge in [0.2, 0.25) is 0 Å². The molecule has 1 fully saturated rings. The largest absolute Gasteiger partial charge is 0.467 e. The predicted octanol–water partition coefficient (Wildman–Crippen LogP) is 1.98. The molecule has 1 heterocycles. The van der Waals surface area contributed by atoms with Gasteiger partial charge in [0, 0.05) is 18.5 Å². The molecule has 6 nitrogen and oxygen atoms in total. The Kier molecular flexibility index (Phi) is 6.15. The van der Waals surface area contributed by atoms with Crippen molar-refractivity contribution in [3.05, 3.63) is 27.7 Å². The van der Waals surface area contributed by atoms with Gasteiger partial charge >= 0.3 is 5.97 Å². The number of hydrogen-bond acceptors (Lipinski definition) is 5. The minimum Gasteiger partial charge on any atom is -0.467 e. The van der Waals surface area contributed by atoms with Gasteiger partial charge in [-0.1, -0.05) is 13.8 Å². The number of rotatable bonds is 8. The first-order valence-corrected chi connectivity index (χ1v) is 8.68. The SMILES string of the molecule is COC(=O)C(CC(C)C)n1nc(CCN(C)C)cc(C2CC2)c1=O. The van der Waals surface area contributed by atoms with Gasteiger partial charge in [-0.05, 0) is 51.3 Å². The van der Waals surface area contributed by atoms with Crippen LogP contribution in [0.25, 0.3) is 0 Å². The zero-order valence-corrected chi connectivity index (χ0v) is 15.4. The molecule has 1 atom stereocenters. The molecule has 0 aromatic carbocycles. The lowest BCUT2D eigenvalue weighted by Crippen LogP contribution is -2.36. The number of hydrogen-bond donors (Lipinski definition) is 0. The third-order valence-corrected chi connectivity index (χ3v) is 4.31. The highest BCUT2D eigenvalue weighted by Crippen LogP contribution is 2.38. The van der Waals surface area contributed by atoms with Crippen molar-refractivity contribution in [2.24, 2.45) is 5.92 Å². The molecule has 24 heavy (non-hydrogen) atoms. The molecule has 1 saturated carbocycles. The van der Waals surface area contributed by atoms with E-state index in [0.29, 0.717) is 12.3 Å². The van der Waals surface area contributed by atoms with Gasteiger partial charge in [-0.2, -0.15) is 5.10 Å². The maximum atomic E-state index is 12.9. The van der Waals surface area contributed by atoms with Crippen LogP contribution in [0.5, 0.6) is 0 Å². The number of carbonyl (C=O) groups excluding carboxylic acids is 1. The van der Waals surface area contributed by atoms with E-state index in [0.717, 1.165) is 37.1 Å². The summed E-state index contributed by atoms with van der Waals surface area (Å²) in [4.78, 5) is 27.2. The Balaban J connectivity index is 2.44. The monoisotopic (exact) mass is 335 g/mol. The summed E-state index contributed by atoms with van der Waals surface area (Å²) in [5.41, 5.74) is 1.53. The van der Waals surface area contributed by atoms with E-state index in [1.807, 2.05) is 34.0 Å². The van der Waals surface area contributed by atoms with E-state index in [4.69, 9.17) is 4.74 Å². The minimum absolute atomic E-state index is 0.137. The van der Waals surface area contributed by atoms with Crippen molar-refractivity contribution in [3.8, 4) is 0 Å². The van der Waals surface area contributed by atoms with Crippen molar-refractivity contribution in [1.29, 1.82) is 0 Å². The molecule has 2 rings (SSSR count). The zero-order valence-electron chi connectivity index (χ0n) is 15.4. The molecule has 0 saturated heterocycles. The van der Waals surface area contributed by atoms with E-state index in [9.17, 15) is 9.59 Å². The van der Waals surface area contributed by atoms with E-state index in [2.05, 4.69) is 10.00 Å². The van der Waals surface area contributed by atoms with Gasteiger partial charge in [-0.25, -0.2) is 9.48 Å². The van der Waals surface area contributed by atoms with E-state index in [-0.39, 0.29) is 11.5 Å². The topological polar surface area (TPSA) is 64.4 Å². The van der Waals surface area contributed by atoms with Crippen LogP contribution in [0.2, 0.25) is 0 Å². The Morgan fingerprint density at radius 3 is 2.58 bits per heavy atom. The minimum atomic E-state index is -0.653. The predicted molar refractivity (Wildman–Crippen MR) is 93.2 cm³/mol. The molecule has 1 aromatic rings. The molecule has 0 amide bonds. The number of methoxy groups -OCH3 is 1. The summed E-state index contributed by atoms with van der Waals surface area (Å²) >= 11 is 0. The molecule has 0 radical (unpaired) electrons. The number of carbonyl (C=O) groups is 1. The third kappa shape index (κ3) is 4.66. The van der Waals surface area contributed by atoms with Crippen molar-refractivity contribution >= 4 is 5.97 Å². The number of aromatic nitrogens is 2. The molecule has 0 aliphatic heterocycles. The van der Waals surface area contributed by atoms with Gasteiger partial charge in [0.1, 0.15) is 0 Å². The van der Waals surface area contributed by atoms with Crippen LogP contribution >= 0.6 is 0 Å². The maximum Gasteiger partial charge on any atom is 0.330 e. The van der Waals surface area contributed by atoms with Gasteiger partial charge in [0.15, 0.2) is 6.04 Å². The van der Waals surface area contributed by atoms with Gasteiger partial charge in [0.05, 0.1) is 12.8 Å². The second-order valence-corrected chi connectivity index (χ2v) is 7.34. The van der Waals surface area contributed by atoms with E-state index >= 15 is 0 Å². The fourth-order valence-corrected chi connectivity index (χ4v) is 2.82. The highest BCUT2D eigenvalue weighted by molar-refractivity contribution is 5.73. The molecule has 0 bridgehead atoms. The van der Waals surface area contributed by atoms with Crippen LogP contribution < -0.4 is 5.56 Å². The molecule has 134 valence electrons. The van der Waals surface area contributed by atoms with Crippen LogP contribution in [-0.4, -0.2) is 48.4 Å². The summed E-state index contributed by atoms with van der Waals surface area (Å²) in [6.07, 6.45) is 3.38. The first-order valence-electron chi connectivity index (χ1n) is 8.68. The van der Waals surface area contributed by atoms with Crippen molar-refractivity contribution in [2.75, 3.05) is 27.7 Å². The lowest BCUT2D eigenvalue weighted by Gasteiger charge is -2.20. The molecular formula is C18H29N3O3. The molecule has 0 N–H and O–H groups in total. The van der Waals surface area contributed by atoms with Gasteiger partial charge < -0.3 is 9.64 Å². The average molecular weight is 335 g/mol. The van der Waals surface area contributed by atoms with Crippen LogP contribution in [0.3, 0.4) is 0 Å². The van der Waals surface area contributed by atoms with Crippen molar-refractivity contribution < 1.29 is 9.53 Å². The Labute approximate surface area is 143 Å². The van der Waals surface area contributed by atoms with Crippen LogP contribution in [0.4, 0.5) is 0 Å². The van der Waals surface area contributed by atoms with Crippen LogP contribution in [0.1, 0.15) is 56.3 Å². The smallest absolute Gasteiger partial charge is 0.330 e. The van der Waals surface area contributed by atoms with Gasteiger partial charge in [0.25, 0.3) is 5.56 Å². The summed E-state index contributed by atoms with van der Waals surface area (Å²) in [5.74, 6) is 0.185. The van der Waals surface area contributed by atoms with Crippen molar-refractivity contribution in [1.82, 2.24) is 14.7 Å². The quantitative estimate of drug-likeness (QED) is 0.680. The summed E-state index contributed by atoms with van der Waals surface area (Å²) in [6, 6.07) is 1.28. The highest BCUT2D eigenvalue weighted by atomic mass is 16.5. The fourth-order valence-electron chi connectivity index (χ4n) is 2.82. The Hall–Kier alpha value is -1.69. The first kappa shape index (κ1) is 18.6. The summed E-state index contributed by atoms with van der Waals surface area (Å²) in [7, 11) is 5.38. The molecule has 0 spiro atoms. The molecular weight excluding hydrogens is 306 g/mol. The molecule has 1 aliphatic rings.